The lowest BCUT2D eigenvalue weighted by molar-refractivity contribution is 0.516. The van der Waals surface area contributed by atoms with E-state index in [1.165, 1.54) is 6.07 Å². The van der Waals surface area contributed by atoms with Gasteiger partial charge >= 0.3 is 0 Å². The highest BCUT2D eigenvalue weighted by atomic mass is 32.1. The highest BCUT2D eigenvalue weighted by Gasteiger charge is 2.32. The minimum atomic E-state index is -0.335. The molecule has 0 saturated carbocycles. The van der Waals surface area contributed by atoms with Crippen LogP contribution in [0, 0.1) is 5.82 Å². The summed E-state index contributed by atoms with van der Waals surface area (Å²) < 4.78 is 13.8. The average Bonchev–Trinajstić information content (AvgIpc) is 2.57. The molecule has 2 N–H and O–H groups in total. The molecule has 17 heavy (non-hydrogen) atoms. The summed E-state index contributed by atoms with van der Waals surface area (Å²) in [5, 5.41) is 0. The maximum absolute atomic E-state index is 13.8. The first-order valence-electron chi connectivity index (χ1n) is 5.79. The Kier molecular flexibility index (Phi) is 3.08. The van der Waals surface area contributed by atoms with Crippen molar-refractivity contribution in [2.45, 2.75) is 32.2 Å². The van der Waals surface area contributed by atoms with Crippen molar-refractivity contribution in [1.29, 1.82) is 0 Å². The van der Waals surface area contributed by atoms with Gasteiger partial charge in [-0.3, -0.25) is 0 Å². The van der Waals surface area contributed by atoms with Gasteiger partial charge in [-0.05, 0) is 44.9 Å². The Morgan fingerprint density at radius 1 is 1.47 bits per heavy atom. The molecule has 1 heterocycles. The first kappa shape index (κ1) is 12.3. The van der Waals surface area contributed by atoms with E-state index in [4.69, 9.17) is 18.0 Å². The Morgan fingerprint density at radius 2 is 2.18 bits per heavy atom. The zero-order valence-corrected chi connectivity index (χ0v) is 11.0. The molecule has 0 unspecified atom stereocenters. The lowest BCUT2D eigenvalue weighted by atomic mass is 10.0. The summed E-state index contributed by atoms with van der Waals surface area (Å²) >= 11 is 4.80. The first-order valence-corrected chi connectivity index (χ1v) is 6.20. The summed E-state index contributed by atoms with van der Waals surface area (Å²) in [5.74, 6) is -0.335. The van der Waals surface area contributed by atoms with Crippen molar-refractivity contribution in [3.05, 3.63) is 29.6 Å². The van der Waals surface area contributed by atoms with Crippen molar-refractivity contribution in [2.75, 3.05) is 11.4 Å². The number of thiocarbonyl (C=S) groups is 1. The van der Waals surface area contributed by atoms with Crippen LogP contribution in [0.3, 0.4) is 0 Å². The molecule has 0 aliphatic carbocycles. The monoisotopic (exact) mass is 252 g/mol. The Labute approximate surface area is 107 Å². The Hall–Kier alpha value is -1.16. The second-order valence-corrected chi connectivity index (χ2v) is 5.54. The Balaban J connectivity index is 2.35. The molecule has 1 aromatic rings. The summed E-state index contributed by atoms with van der Waals surface area (Å²) in [5.41, 5.74) is 6.77. The van der Waals surface area contributed by atoms with Crippen LogP contribution in [0.1, 0.15) is 32.3 Å². The summed E-state index contributed by atoms with van der Waals surface area (Å²) in [6.45, 7) is 5.33. The largest absolute Gasteiger partial charge is 0.389 e. The molecule has 2 rings (SSSR count). The number of halogens is 1. The molecule has 0 radical (unpaired) electrons. The molecule has 1 saturated heterocycles. The smallest absolute Gasteiger partial charge is 0.135 e. The van der Waals surface area contributed by atoms with Crippen LogP contribution in [0.25, 0.3) is 0 Å². The average molecular weight is 252 g/mol. The third-order valence-corrected chi connectivity index (χ3v) is 3.65. The van der Waals surface area contributed by atoms with Gasteiger partial charge in [-0.2, -0.15) is 0 Å². The molecule has 1 aliphatic rings. The standard InChI is InChI=1S/C13H17FN2S/c1-13(2)6-3-7-16(13)9-4-5-10(12(15)17)11(14)8-9/h4-5,8H,3,6-7H2,1-2H3,(H2,15,17). The van der Waals surface area contributed by atoms with Crippen LogP contribution in [0.15, 0.2) is 18.2 Å². The molecule has 4 heteroatoms. The molecule has 1 aromatic carbocycles. The van der Waals surface area contributed by atoms with Crippen molar-refractivity contribution in [3.8, 4) is 0 Å². The fraction of sp³-hybridized carbons (Fsp3) is 0.462. The summed E-state index contributed by atoms with van der Waals surface area (Å²) in [7, 11) is 0. The molecule has 0 atom stereocenters. The Bertz CT molecular complexity index is 457. The normalized spacial score (nSPS) is 18.4. The summed E-state index contributed by atoms with van der Waals surface area (Å²) in [6, 6.07) is 5.09. The van der Waals surface area contributed by atoms with E-state index >= 15 is 0 Å². The number of benzene rings is 1. The van der Waals surface area contributed by atoms with Crippen molar-refractivity contribution in [2.24, 2.45) is 5.73 Å². The maximum atomic E-state index is 13.8. The highest BCUT2D eigenvalue weighted by Crippen LogP contribution is 2.34. The number of nitrogens with zero attached hydrogens (tertiary/aromatic N) is 1. The zero-order valence-electron chi connectivity index (χ0n) is 10.2. The van der Waals surface area contributed by atoms with Gasteiger partial charge in [-0.25, -0.2) is 4.39 Å². The molecule has 0 amide bonds. The minimum Gasteiger partial charge on any atom is -0.389 e. The van der Waals surface area contributed by atoms with Crippen LogP contribution >= 0.6 is 12.2 Å². The third-order valence-electron chi connectivity index (χ3n) is 3.43. The SMILES string of the molecule is CC1(C)CCCN1c1ccc(C(N)=S)c(F)c1. The van der Waals surface area contributed by atoms with Crippen LogP contribution in [-0.4, -0.2) is 17.1 Å². The fourth-order valence-electron chi connectivity index (χ4n) is 2.46. The van der Waals surface area contributed by atoms with E-state index in [0.29, 0.717) is 5.56 Å². The zero-order chi connectivity index (χ0) is 12.6. The van der Waals surface area contributed by atoms with Crippen molar-refractivity contribution < 1.29 is 4.39 Å². The van der Waals surface area contributed by atoms with E-state index in [9.17, 15) is 4.39 Å². The molecule has 2 nitrogen and oxygen atoms in total. The number of nitrogens with two attached hydrogens (primary N) is 1. The predicted octanol–water partition coefficient (Wildman–Crippen LogP) is 2.84. The number of hydrogen-bond donors (Lipinski definition) is 1. The quantitative estimate of drug-likeness (QED) is 0.821. The maximum Gasteiger partial charge on any atom is 0.135 e. The van der Waals surface area contributed by atoms with Gasteiger partial charge in [0.05, 0.1) is 0 Å². The molecular weight excluding hydrogens is 235 g/mol. The van der Waals surface area contributed by atoms with Gasteiger partial charge in [0.15, 0.2) is 0 Å². The van der Waals surface area contributed by atoms with Crippen molar-refractivity contribution in [1.82, 2.24) is 0 Å². The molecule has 92 valence electrons. The molecule has 0 spiro atoms. The van der Waals surface area contributed by atoms with Crippen molar-refractivity contribution in [3.63, 3.8) is 0 Å². The number of hydrogen-bond acceptors (Lipinski definition) is 2. The van der Waals surface area contributed by atoms with Gasteiger partial charge in [0.1, 0.15) is 10.8 Å². The van der Waals surface area contributed by atoms with Crippen LogP contribution in [-0.2, 0) is 0 Å². The first-order chi connectivity index (χ1) is 7.92. The van der Waals surface area contributed by atoms with E-state index < -0.39 is 0 Å². The van der Waals surface area contributed by atoms with Gasteiger partial charge in [0.2, 0.25) is 0 Å². The summed E-state index contributed by atoms with van der Waals surface area (Å²) in [4.78, 5) is 2.34. The van der Waals surface area contributed by atoms with E-state index in [0.717, 1.165) is 25.1 Å². The highest BCUT2D eigenvalue weighted by molar-refractivity contribution is 7.80. The van der Waals surface area contributed by atoms with Gasteiger partial charge in [0.25, 0.3) is 0 Å². The van der Waals surface area contributed by atoms with Crippen LogP contribution in [0.5, 0.6) is 0 Å². The predicted molar refractivity (Wildman–Crippen MR) is 72.9 cm³/mol. The lowest BCUT2D eigenvalue weighted by Gasteiger charge is -2.33. The molecule has 1 aliphatic heterocycles. The second-order valence-electron chi connectivity index (χ2n) is 5.10. The van der Waals surface area contributed by atoms with E-state index in [2.05, 4.69) is 18.7 Å². The third kappa shape index (κ3) is 2.27. The topological polar surface area (TPSA) is 29.3 Å². The van der Waals surface area contributed by atoms with Crippen LogP contribution in [0.4, 0.5) is 10.1 Å². The second kappa shape index (κ2) is 4.26. The van der Waals surface area contributed by atoms with Crippen LogP contribution in [0.2, 0.25) is 0 Å². The number of rotatable bonds is 2. The fourth-order valence-corrected chi connectivity index (χ4v) is 2.62. The minimum absolute atomic E-state index is 0.0944. The molecular formula is C13H17FN2S. The lowest BCUT2D eigenvalue weighted by Crippen LogP contribution is -2.38. The molecule has 1 fully saturated rings. The van der Waals surface area contributed by atoms with E-state index in [1.54, 1.807) is 6.07 Å². The van der Waals surface area contributed by atoms with Gasteiger partial charge < -0.3 is 10.6 Å². The molecule has 0 aromatic heterocycles. The molecule has 0 bridgehead atoms. The van der Waals surface area contributed by atoms with E-state index in [1.807, 2.05) is 6.07 Å². The van der Waals surface area contributed by atoms with Crippen LogP contribution < -0.4 is 10.6 Å². The van der Waals surface area contributed by atoms with Crippen molar-refractivity contribution >= 4 is 22.9 Å². The summed E-state index contributed by atoms with van der Waals surface area (Å²) in [6.07, 6.45) is 2.28. The van der Waals surface area contributed by atoms with E-state index in [-0.39, 0.29) is 16.3 Å². The Morgan fingerprint density at radius 3 is 2.65 bits per heavy atom. The number of anilines is 1. The van der Waals surface area contributed by atoms with Gasteiger partial charge in [0, 0.05) is 23.3 Å². The van der Waals surface area contributed by atoms with Gasteiger partial charge in [-0.15, -0.1) is 0 Å². The van der Waals surface area contributed by atoms with Gasteiger partial charge in [-0.1, -0.05) is 12.2 Å².